The third-order valence-electron chi connectivity index (χ3n) is 13.0. The second-order valence-corrected chi connectivity index (χ2v) is 17.1. The van der Waals surface area contributed by atoms with E-state index in [-0.39, 0.29) is 5.41 Å². The van der Waals surface area contributed by atoms with Gasteiger partial charge in [-0.05, 0) is 144 Å². The van der Waals surface area contributed by atoms with Crippen LogP contribution >= 0.6 is 11.3 Å². The van der Waals surface area contributed by atoms with Crippen LogP contribution in [0.2, 0.25) is 0 Å². The van der Waals surface area contributed by atoms with E-state index in [1.54, 1.807) is 0 Å². The van der Waals surface area contributed by atoms with Crippen molar-refractivity contribution in [2.75, 3.05) is 4.90 Å². The molecule has 2 aliphatic rings. The molecule has 274 valence electrons. The highest BCUT2D eigenvalue weighted by Gasteiger charge is 2.51. The van der Waals surface area contributed by atoms with Gasteiger partial charge < -0.3 is 4.90 Å². The Morgan fingerprint density at radius 1 is 0.305 bits per heavy atom. The molecule has 2 heteroatoms. The quantitative estimate of drug-likeness (QED) is 0.172. The minimum absolute atomic E-state index is 0.375. The lowest BCUT2D eigenvalue weighted by Gasteiger charge is -2.30. The fraction of sp³-hybridized carbons (Fsp3) is 0.0175. The van der Waals surface area contributed by atoms with Crippen molar-refractivity contribution in [1.82, 2.24) is 0 Å². The molecular formula is C57H35NS. The lowest BCUT2D eigenvalue weighted by molar-refractivity contribution is 0.795. The Kier molecular flexibility index (Phi) is 6.87. The van der Waals surface area contributed by atoms with Crippen molar-refractivity contribution < 1.29 is 0 Å². The maximum atomic E-state index is 2.54. The highest BCUT2D eigenvalue weighted by Crippen LogP contribution is 2.63. The summed E-state index contributed by atoms with van der Waals surface area (Å²) in [6, 6.07) is 79.3. The Bertz CT molecular complexity index is 3470. The minimum Gasteiger partial charge on any atom is -0.310 e. The van der Waals surface area contributed by atoms with Gasteiger partial charge in [0.15, 0.2) is 0 Å². The highest BCUT2D eigenvalue weighted by atomic mass is 32.1. The summed E-state index contributed by atoms with van der Waals surface area (Å²) in [5.74, 6) is 0. The van der Waals surface area contributed by atoms with Crippen molar-refractivity contribution in [3.8, 4) is 33.4 Å². The molecule has 13 rings (SSSR count). The third-order valence-corrected chi connectivity index (χ3v) is 14.2. The first-order chi connectivity index (χ1) is 29.2. The summed E-state index contributed by atoms with van der Waals surface area (Å²) in [5, 5.41) is 7.59. The van der Waals surface area contributed by atoms with Gasteiger partial charge >= 0.3 is 0 Å². The number of hydrogen-bond donors (Lipinski definition) is 0. The van der Waals surface area contributed by atoms with Gasteiger partial charge in [0, 0.05) is 37.2 Å². The van der Waals surface area contributed by atoms with Gasteiger partial charge in [-0.1, -0.05) is 146 Å². The molecule has 59 heavy (non-hydrogen) atoms. The van der Waals surface area contributed by atoms with Gasteiger partial charge in [-0.25, -0.2) is 0 Å². The van der Waals surface area contributed by atoms with Gasteiger partial charge in [-0.2, -0.15) is 0 Å². The maximum Gasteiger partial charge on any atom is 0.0725 e. The molecule has 1 nitrogen and oxygen atoms in total. The highest BCUT2D eigenvalue weighted by molar-refractivity contribution is 7.25. The second kappa shape index (κ2) is 12.4. The van der Waals surface area contributed by atoms with Crippen molar-refractivity contribution in [2.45, 2.75) is 5.41 Å². The topological polar surface area (TPSA) is 3.24 Å². The molecule has 10 aromatic carbocycles. The molecule has 0 N–H and O–H groups in total. The molecule has 0 fully saturated rings. The Hall–Kier alpha value is -7.26. The average molecular weight is 766 g/mol. The fourth-order valence-electron chi connectivity index (χ4n) is 10.5. The van der Waals surface area contributed by atoms with Crippen LogP contribution in [0.3, 0.4) is 0 Å². The average Bonchev–Trinajstić information content (AvgIpc) is 3.92. The number of para-hydroxylation sites is 1. The van der Waals surface area contributed by atoms with E-state index in [9.17, 15) is 0 Å². The van der Waals surface area contributed by atoms with E-state index in [1.807, 2.05) is 11.3 Å². The monoisotopic (exact) mass is 765 g/mol. The van der Waals surface area contributed by atoms with Crippen LogP contribution in [0.25, 0.3) is 75.1 Å². The fourth-order valence-corrected chi connectivity index (χ4v) is 11.6. The number of thiophene rings is 1. The van der Waals surface area contributed by atoms with Crippen molar-refractivity contribution >= 4 is 70.1 Å². The molecule has 1 spiro atoms. The first-order valence-electron chi connectivity index (χ1n) is 20.4. The zero-order valence-corrected chi connectivity index (χ0v) is 32.9. The molecule has 1 aromatic heterocycles. The van der Waals surface area contributed by atoms with Crippen LogP contribution in [0.5, 0.6) is 0 Å². The first-order valence-corrected chi connectivity index (χ1v) is 21.2. The molecule has 0 atom stereocenters. The molecule has 0 aliphatic heterocycles. The van der Waals surface area contributed by atoms with Crippen LogP contribution in [0.15, 0.2) is 212 Å². The van der Waals surface area contributed by atoms with Crippen LogP contribution in [-0.4, -0.2) is 0 Å². The number of nitrogens with zero attached hydrogens (tertiary/aromatic N) is 1. The van der Waals surface area contributed by atoms with Gasteiger partial charge in [0.2, 0.25) is 0 Å². The Balaban J connectivity index is 1.00. The van der Waals surface area contributed by atoms with E-state index in [0.29, 0.717) is 0 Å². The number of hydrogen-bond acceptors (Lipinski definition) is 2. The first kappa shape index (κ1) is 32.8. The molecule has 11 aromatic rings. The molecule has 0 saturated heterocycles. The smallest absolute Gasteiger partial charge is 0.0725 e. The molecule has 0 saturated carbocycles. The van der Waals surface area contributed by atoms with Crippen molar-refractivity contribution in [3.63, 3.8) is 0 Å². The zero-order chi connectivity index (χ0) is 38.7. The summed E-state index contributed by atoms with van der Waals surface area (Å²) in [7, 11) is 0. The van der Waals surface area contributed by atoms with Crippen molar-refractivity contribution in [3.05, 3.63) is 235 Å². The summed E-state index contributed by atoms with van der Waals surface area (Å²) in [4.78, 5) is 2.39. The minimum atomic E-state index is -0.375. The summed E-state index contributed by atoms with van der Waals surface area (Å²) in [5.41, 5.74) is 16.4. The van der Waals surface area contributed by atoms with E-state index >= 15 is 0 Å². The summed E-state index contributed by atoms with van der Waals surface area (Å²) < 4.78 is 2.59. The lowest BCUT2D eigenvalue weighted by Crippen LogP contribution is -2.25. The summed E-state index contributed by atoms with van der Waals surface area (Å²) in [6.07, 6.45) is 0. The van der Waals surface area contributed by atoms with Gasteiger partial charge in [0.1, 0.15) is 0 Å². The van der Waals surface area contributed by atoms with E-state index in [0.717, 1.165) is 17.1 Å². The molecule has 0 radical (unpaired) electrons. The molecule has 0 amide bonds. The number of anilines is 3. The van der Waals surface area contributed by atoms with E-state index < -0.39 is 0 Å². The van der Waals surface area contributed by atoms with Gasteiger partial charge in [0.25, 0.3) is 0 Å². The summed E-state index contributed by atoms with van der Waals surface area (Å²) in [6.45, 7) is 0. The van der Waals surface area contributed by atoms with Crippen molar-refractivity contribution in [2.24, 2.45) is 0 Å². The second-order valence-electron chi connectivity index (χ2n) is 16.0. The van der Waals surface area contributed by atoms with Gasteiger partial charge in [-0.3, -0.25) is 0 Å². The normalized spacial score (nSPS) is 13.2. The Morgan fingerprint density at radius 2 is 0.864 bits per heavy atom. The predicted octanol–water partition coefficient (Wildman–Crippen LogP) is 15.8. The SMILES string of the molecule is c1ccc(N(c2ccc3ccccc3c2)c2ccc3sc4ccc(-c5cccc6cc7c(cc56)C5(c6ccccc6-c6ccccc65)c5ccccc5-7)cc4c3c2)cc1. The van der Waals surface area contributed by atoms with Gasteiger partial charge in [-0.15, -0.1) is 11.3 Å². The predicted molar refractivity (Wildman–Crippen MR) is 251 cm³/mol. The zero-order valence-electron chi connectivity index (χ0n) is 32.1. The Labute approximate surface area is 346 Å². The van der Waals surface area contributed by atoms with Gasteiger partial charge in [0.05, 0.1) is 5.41 Å². The molecular weight excluding hydrogens is 731 g/mol. The van der Waals surface area contributed by atoms with Crippen molar-refractivity contribution in [1.29, 1.82) is 0 Å². The van der Waals surface area contributed by atoms with Crippen LogP contribution in [-0.2, 0) is 5.41 Å². The van der Waals surface area contributed by atoms with Crippen LogP contribution < -0.4 is 4.90 Å². The summed E-state index contributed by atoms with van der Waals surface area (Å²) >= 11 is 1.87. The third kappa shape index (κ3) is 4.61. The largest absolute Gasteiger partial charge is 0.310 e. The lowest BCUT2D eigenvalue weighted by atomic mass is 9.70. The van der Waals surface area contributed by atoms with Crippen LogP contribution in [0.1, 0.15) is 22.3 Å². The van der Waals surface area contributed by atoms with Crippen LogP contribution in [0, 0.1) is 0 Å². The van der Waals surface area contributed by atoms with E-state index in [2.05, 4.69) is 217 Å². The standard InChI is InChI=1S/C57H35NS/c1-2-16-40(17-3-1)58(41-27-25-36-13-4-5-14-37(36)31-41)42-28-30-56-50(34-42)49-33-39(26-29-55(49)59-56)43-21-12-15-38-32-48-46-20-8-11-24-53(46)57(54(48)35-47(38)43)51-22-9-6-18-44(51)45-19-7-10-23-52(45)57/h1-35H. The number of benzene rings is 10. The van der Waals surface area contributed by atoms with Crippen LogP contribution in [0.4, 0.5) is 17.1 Å². The number of fused-ring (bicyclic) bond motifs is 15. The molecule has 2 aliphatic carbocycles. The van der Waals surface area contributed by atoms with E-state index in [4.69, 9.17) is 0 Å². The molecule has 0 unspecified atom stereocenters. The van der Waals surface area contributed by atoms with E-state index in [1.165, 1.54) is 97.4 Å². The molecule has 1 heterocycles. The Morgan fingerprint density at radius 3 is 1.61 bits per heavy atom. The number of rotatable bonds is 4. The maximum absolute atomic E-state index is 2.54. The molecule has 0 bridgehead atoms.